The fourth-order valence-electron chi connectivity index (χ4n) is 2.97. The van der Waals surface area contributed by atoms with Crippen LogP contribution in [0.3, 0.4) is 0 Å². The molecule has 7 nitrogen and oxygen atoms in total. The summed E-state index contributed by atoms with van der Waals surface area (Å²) in [5.41, 5.74) is 1.40. The van der Waals surface area contributed by atoms with Gasteiger partial charge in [-0.3, -0.25) is 4.79 Å². The van der Waals surface area contributed by atoms with E-state index in [0.717, 1.165) is 16.5 Å². The molecule has 0 saturated heterocycles. The van der Waals surface area contributed by atoms with Crippen LogP contribution in [0.15, 0.2) is 63.8 Å². The molecule has 0 spiro atoms. The number of ether oxygens (including phenoxy) is 1. The average molecular weight is 394 g/mol. The van der Waals surface area contributed by atoms with Gasteiger partial charge in [-0.2, -0.15) is 0 Å². The van der Waals surface area contributed by atoms with E-state index < -0.39 is 29.6 Å². The lowest BCUT2D eigenvalue weighted by molar-refractivity contribution is -0.308. The molecule has 29 heavy (non-hydrogen) atoms. The number of hydrogen-bond acceptors (Lipinski definition) is 6. The summed E-state index contributed by atoms with van der Waals surface area (Å²) < 4.78 is 10.8. The molecular weight excluding hydrogens is 374 g/mol. The summed E-state index contributed by atoms with van der Waals surface area (Å²) in [6, 6.07) is 14.0. The van der Waals surface area contributed by atoms with E-state index in [1.807, 2.05) is 6.07 Å². The highest BCUT2D eigenvalue weighted by Gasteiger charge is 2.20. The van der Waals surface area contributed by atoms with Crippen LogP contribution in [-0.4, -0.2) is 24.0 Å². The van der Waals surface area contributed by atoms with Crippen LogP contribution in [0.1, 0.15) is 18.1 Å². The topological polar surface area (TPSA) is 109 Å². The maximum Gasteiger partial charge on any atom is 0.336 e. The summed E-state index contributed by atoms with van der Waals surface area (Å²) in [5, 5.41) is 14.6. The Bertz CT molecular complexity index is 1090. The smallest absolute Gasteiger partial charge is 0.336 e. The zero-order chi connectivity index (χ0) is 21.0. The Labute approximate surface area is 166 Å². The quantitative estimate of drug-likeness (QED) is 0.606. The molecule has 0 fully saturated rings. The van der Waals surface area contributed by atoms with E-state index >= 15 is 0 Å². The van der Waals surface area contributed by atoms with Crippen molar-refractivity contribution in [2.24, 2.45) is 0 Å². The first-order chi connectivity index (χ1) is 13.8. The maximum absolute atomic E-state index is 12.4. The molecule has 7 heteroatoms. The van der Waals surface area contributed by atoms with Gasteiger partial charge in [0.2, 0.25) is 0 Å². The summed E-state index contributed by atoms with van der Waals surface area (Å²) in [6.07, 6.45) is -0.871. The number of aryl methyl sites for hydroxylation is 1. The Balaban J connectivity index is 1.70. The van der Waals surface area contributed by atoms with Crippen LogP contribution in [0.25, 0.3) is 11.0 Å². The highest BCUT2D eigenvalue weighted by atomic mass is 16.5. The van der Waals surface area contributed by atoms with Gasteiger partial charge in [0.15, 0.2) is 6.10 Å². The van der Waals surface area contributed by atoms with Crippen molar-refractivity contribution in [2.45, 2.75) is 32.4 Å². The van der Waals surface area contributed by atoms with Crippen LogP contribution in [0.4, 0.5) is 0 Å². The van der Waals surface area contributed by atoms with Gasteiger partial charge in [0.1, 0.15) is 11.3 Å². The third-order valence-electron chi connectivity index (χ3n) is 4.49. The Morgan fingerprint density at radius 1 is 1.14 bits per heavy atom. The lowest BCUT2D eigenvalue weighted by atomic mass is 10.1. The Morgan fingerprint density at radius 2 is 1.86 bits per heavy atom. The van der Waals surface area contributed by atoms with Crippen LogP contribution in [-0.2, 0) is 16.0 Å². The fraction of sp³-hybridized carbons (Fsp3) is 0.227. The number of carboxylic acids is 1. The van der Waals surface area contributed by atoms with Crippen molar-refractivity contribution in [3.63, 3.8) is 0 Å². The minimum absolute atomic E-state index is 0.0992. The van der Waals surface area contributed by atoms with Gasteiger partial charge in [0.25, 0.3) is 5.91 Å². The van der Waals surface area contributed by atoms with Crippen molar-refractivity contribution in [3.05, 3.63) is 76.1 Å². The second-order valence-corrected chi connectivity index (χ2v) is 6.74. The molecule has 150 valence electrons. The van der Waals surface area contributed by atoms with Gasteiger partial charge in [-0.1, -0.05) is 30.3 Å². The van der Waals surface area contributed by atoms with E-state index in [4.69, 9.17) is 9.15 Å². The van der Waals surface area contributed by atoms with Gasteiger partial charge in [-0.25, -0.2) is 4.79 Å². The van der Waals surface area contributed by atoms with Gasteiger partial charge in [0.05, 0.1) is 12.0 Å². The number of nitrogens with one attached hydrogen (secondary N) is 1. The van der Waals surface area contributed by atoms with Crippen LogP contribution < -0.4 is 20.8 Å². The molecule has 1 N–H and O–H groups in total. The van der Waals surface area contributed by atoms with E-state index in [2.05, 4.69) is 5.32 Å². The number of fused-ring (bicyclic) bond motifs is 1. The number of rotatable bonds is 7. The highest BCUT2D eigenvalue weighted by molar-refractivity contribution is 5.86. The Kier molecular flexibility index (Phi) is 5.97. The van der Waals surface area contributed by atoms with Gasteiger partial charge < -0.3 is 24.4 Å². The lowest BCUT2D eigenvalue weighted by Crippen LogP contribution is -2.52. The average Bonchev–Trinajstić information content (AvgIpc) is 2.67. The molecule has 0 radical (unpaired) electrons. The van der Waals surface area contributed by atoms with Crippen LogP contribution in [0, 0.1) is 6.92 Å². The van der Waals surface area contributed by atoms with Gasteiger partial charge in [-0.05, 0) is 43.5 Å². The third-order valence-corrected chi connectivity index (χ3v) is 4.49. The van der Waals surface area contributed by atoms with Gasteiger partial charge >= 0.3 is 5.63 Å². The number of amides is 1. The Morgan fingerprint density at radius 3 is 2.55 bits per heavy atom. The molecule has 0 aliphatic heterocycles. The van der Waals surface area contributed by atoms with Gasteiger partial charge in [0, 0.05) is 17.5 Å². The molecule has 1 amide bonds. The zero-order valence-corrected chi connectivity index (χ0v) is 16.0. The predicted octanol–water partition coefficient (Wildman–Crippen LogP) is 1.35. The van der Waals surface area contributed by atoms with E-state index in [0.29, 0.717) is 11.3 Å². The first-order valence-corrected chi connectivity index (χ1v) is 9.10. The summed E-state index contributed by atoms with van der Waals surface area (Å²) >= 11 is 0. The molecule has 1 heterocycles. The molecule has 0 aliphatic carbocycles. The predicted molar refractivity (Wildman–Crippen MR) is 104 cm³/mol. The van der Waals surface area contributed by atoms with Crippen molar-refractivity contribution in [2.75, 3.05) is 0 Å². The molecule has 0 aliphatic rings. The monoisotopic (exact) mass is 394 g/mol. The zero-order valence-electron chi connectivity index (χ0n) is 16.0. The molecule has 0 bridgehead atoms. The maximum atomic E-state index is 12.4. The normalized spacial score (nSPS) is 12.9. The fourth-order valence-corrected chi connectivity index (χ4v) is 2.97. The number of carbonyl (C=O) groups excluding carboxylic acids is 2. The highest BCUT2D eigenvalue weighted by Crippen LogP contribution is 2.23. The van der Waals surface area contributed by atoms with Crippen molar-refractivity contribution in [3.8, 4) is 5.75 Å². The molecule has 2 atom stereocenters. The van der Waals surface area contributed by atoms with Gasteiger partial charge in [-0.15, -0.1) is 0 Å². The molecule has 1 aromatic heterocycles. The first kappa shape index (κ1) is 20.1. The van der Waals surface area contributed by atoms with Crippen LogP contribution >= 0.6 is 0 Å². The number of benzene rings is 2. The molecule has 2 unspecified atom stereocenters. The minimum Gasteiger partial charge on any atom is -0.548 e. The second kappa shape index (κ2) is 8.60. The number of hydrogen-bond donors (Lipinski definition) is 1. The molecular formula is C22H20NO6-. The Hall–Kier alpha value is -3.61. The third kappa shape index (κ3) is 5.01. The molecule has 3 rings (SSSR count). The molecule has 0 saturated carbocycles. The summed E-state index contributed by atoms with van der Waals surface area (Å²) in [5.74, 6) is -1.65. The van der Waals surface area contributed by atoms with E-state index in [1.54, 1.807) is 43.3 Å². The largest absolute Gasteiger partial charge is 0.548 e. The summed E-state index contributed by atoms with van der Waals surface area (Å²) in [6.45, 7) is 3.30. The van der Waals surface area contributed by atoms with E-state index in [-0.39, 0.29) is 6.42 Å². The first-order valence-electron chi connectivity index (χ1n) is 9.10. The lowest BCUT2D eigenvalue weighted by Gasteiger charge is -2.22. The van der Waals surface area contributed by atoms with E-state index in [9.17, 15) is 19.5 Å². The standard InChI is InChI=1S/C22H21NO6/c1-13-10-20(24)29-19-12-16(8-9-17(13)19)28-14(2)21(25)23-18(22(26)27)11-15-6-4-3-5-7-15/h3-10,12,14,18H,11H2,1-2H3,(H,23,25)(H,26,27)/p-1. The molecule has 3 aromatic rings. The van der Waals surface area contributed by atoms with Crippen LogP contribution in [0.2, 0.25) is 0 Å². The molecule has 2 aromatic carbocycles. The summed E-state index contributed by atoms with van der Waals surface area (Å²) in [7, 11) is 0. The second-order valence-electron chi connectivity index (χ2n) is 6.74. The summed E-state index contributed by atoms with van der Waals surface area (Å²) in [4.78, 5) is 35.4. The van der Waals surface area contributed by atoms with E-state index in [1.165, 1.54) is 19.1 Å². The SMILES string of the molecule is Cc1cc(=O)oc2cc(OC(C)C(=O)NC(Cc3ccccc3)C(=O)[O-])ccc12. The number of aliphatic carboxylic acids is 1. The van der Waals surface area contributed by atoms with Crippen molar-refractivity contribution in [1.29, 1.82) is 0 Å². The number of carbonyl (C=O) groups is 2. The van der Waals surface area contributed by atoms with Crippen LogP contribution in [0.5, 0.6) is 5.75 Å². The van der Waals surface area contributed by atoms with Crippen molar-refractivity contribution < 1.29 is 23.8 Å². The number of carboxylic acid groups (broad SMARTS) is 1. The minimum atomic E-state index is -1.38. The van der Waals surface area contributed by atoms with Crippen molar-refractivity contribution >= 4 is 22.8 Å². The van der Waals surface area contributed by atoms with Crippen molar-refractivity contribution in [1.82, 2.24) is 5.32 Å².